The van der Waals surface area contributed by atoms with E-state index >= 15 is 0 Å². The standard InChI is InChI=1S/C31H40N2O5S2/c1-23-10-15-28(16-11-23)40(35,36)33(26-8-6-5-7-9-26)22-31(34)32(21-27-14-12-24(2)39-27)19-18-25-13-17-29(37-3)30(20-25)38-4/h10-17,20,26H,5-9,18-19,21-22H2,1-4H3. The maximum Gasteiger partial charge on any atom is 0.243 e. The van der Waals surface area contributed by atoms with Gasteiger partial charge >= 0.3 is 0 Å². The molecule has 9 heteroatoms. The quantitative estimate of drug-likeness (QED) is 0.262. The second-order valence-corrected chi connectivity index (χ2v) is 13.7. The number of ether oxygens (including phenoxy) is 2. The fourth-order valence-electron chi connectivity index (χ4n) is 5.21. The first kappa shape index (κ1) is 30.1. The maximum atomic E-state index is 14.0. The zero-order valence-electron chi connectivity index (χ0n) is 23.9. The fourth-order valence-corrected chi connectivity index (χ4v) is 7.75. The largest absolute Gasteiger partial charge is 0.493 e. The van der Waals surface area contributed by atoms with Gasteiger partial charge in [-0.2, -0.15) is 4.31 Å². The molecule has 1 aliphatic rings. The maximum absolute atomic E-state index is 14.0. The number of carbonyl (C=O) groups excluding carboxylic acids is 1. The van der Waals surface area contributed by atoms with Gasteiger partial charge in [-0.15, -0.1) is 11.3 Å². The number of nitrogens with zero attached hydrogens (tertiary/aromatic N) is 2. The molecular formula is C31H40N2O5S2. The molecule has 1 aromatic heterocycles. The van der Waals surface area contributed by atoms with E-state index in [0.717, 1.165) is 48.1 Å². The van der Waals surface area contributed by atoms with Gasteiger partial charge in [0.1, 0.15) is 0 Å². The summed E-state index contributed by atoms with van der Waals surface area (Å²) in [7, 11) is -0.638. The van der Waals surface area contributed by atoms with Gasteiger partial charge in [0.2, 0.25) is 15.9 Å². The van der Waals surface area contributed by atoms with Crippen LogP contribution >= 0.6 is 11.3 Å². The van der Waals surface area contributed by atoms with E-state index in [0.29, 0.717) is 31.0 Å². The molecule has 3 aromatic rings. The first-order valence-corrected chi connectivity index (χ1v) is 16.1. The molecule has 0 radical (unpaired) electrons. The van der Waals surface area contributed by atoms with Crippen LogP contribution in [0.1, 0.15) is 53.0 Å². The average Bonchev–Trinajstić information content (AvgIpc) is 3.38. The van der Waals surface area contributed by atoms with E-state index in [4.69, 9.17) is 9.47 Å². The highest BCUT2D eigenvalue weighted by Gasteiger charge is 2.35. The van der Waals surface area contributed by atoms with E-state index in [1.807, 2.05) is 56.3 Å². The number of hydrogen-bond acceptors (Lipinski definition) is 6. The van der Waals surface area contributed by atoms with Gasteiger partial charge in [0, 0.05) is 22.3 Å². The molecule has 0 saturated heterocycles. The van der Waals surface area contributed by atoms with Crippen molar-refractivity contribution in [2.45, 2.75) is 69.9 Å². The molecular weight excluding hydrogens is 544 g/mol. The Hall–Kier alpha value is -2.88. The lowest BCUT2D eigenvalue weighted by molar-refractivity contribution is -0.132. The molecule has 0 bridgehead atoms. The molecule has 40 heavy (non-hydrogen) atoms. The van der Waals surface area contributed by atoms with Gasteiger partial charge in [-0.1, -0.05) is 43.0 Å². The molecule has 1 heterocycles. The first-order valence-electron chi connectivity index (χ1n) is 13.8. The number of sulfonamides is 1. The number of amides is 1. The molecule has 0 spiro atoms. The van der Waals surface area contributed by atoms with Crippen LogP contribution in [0.25, 0.3) is 0 Å². The molecule has 4 rings (SSSR count). The zero-order valence-corrected chi connectivity index (χ0v) is 25.5. The van der Waals surface area contributed by atoms with Gasteiger partial charge in [0.05, 0.1) is 32.2 Å². The molecule has 1 saturated carbocycles. The van der Waals surface area contributed by atoms with Crippen LogP contribution in [0.3, 0.4) is 0 Å². The molecule has 1 aliphatic carbocycles. The minimum atomic E-state index is -3.84. The van der Waals surface area contributed by atoms with Crippen LogP contribution in [-0.2, 0) is 27.8 Å². The van der Waals surface area contributed by atoms with Crippen LogP contribution in [0, 0.1) is 13.8 Å². The monoisotopic (exact) mass is 584 g/mol. The van der Waals surface area contributed by atoms with E-state index in [-0.39, 0.29) is 23.4 Å². The van der Waals surface area contributed by atoms with Crippen molar-refractivity contribution in [1.29, 1.82) is 0 Å². The number of benzene rings is 2. The lowest BCUT2D eigenvalue weighted by atomic mass is 9.95. The molecule has 0 aliphatic heterocycles. The van der Waals surface area contributed by atoms with Gasteiger partial charge in [0.25, 0.3) is 0 Å². The van der Waals surface area contributed by atoms with E-state index in [9.17, 15) is 13.2 Å². The molecule has 2 aromatic carbocycles. The summed E-state index contributed by atoms with van der Waals surface area (Å²) in [6.07, 6.45) is 5.18. The van der Waals surface area contributed by atoms with Gasteiger partial charge in [-0.3, -0.25) is 4.79 Å². The summed E-state index contributed by atoms with van der Waals surface area (Å²) < 4.78 is 40.1. The zero-order chi connectivity index (χ0) is 28.7. The minimum Gasteiger partial charge on any atom is -0.493 e. The van der Waals surface area contributed by atoms with Gasteiger partial charge < -0.3 is 14.4 Å². The highest BCUT2D eigenvalue weighted by molar-refractivity contribution is 7.89. The third-order valence-electron chi connectivity index (χ3n) is 7.51. The Morgan fingerprint density at radius 2 is 1.62 bits per heavy atom. The summed E-state index contributed by atoms with van der Waals surface area (Å²) in [4.78, 5) is 18.2. The molecule has 1 amide bonds. The van der Waals surface area contributed by atoms with E-state index in [1.165, 1.54) is 9.18 Å². The van der Waals surface area contributed by atoms with Crippen molar-refractivity contribution in [2.75, 3.05) is 27.3 Å². The predicted octanol–water partition coefficient (Wildman–Crippen LogP) is 5.98. The van der Waals surface area contributed by atoms with Crippen LogP contribution in [0.15, 0.2) is 59.5 Å². The molecule has 1 fully saturated rings. The fraction of sp³-hybridized carbons (Fsp3) is 0.452. The Morgan fingerprint density at radius 1 is 0.925 bits per heavy atom. The Kier molecular flexibility index (Phi) is 10.3. The number of hydrogen-bond donors (Lipinski definition) is 0. The number of aryl methyl sites for hydroxylation is 2. The van der Waals surface area contributed by atoms with Crippen LogP contribution in [0.5, 0.6) is 11.5 Å². The number of methoxy groups -OCH3 is 2. The van der Waals surface area contributed by atoms with E-state index in [2.05, 4.69) is 0 Å². The Morgan fingerprint density at radius 3 is 2.25 bits per heavy atom. The van der Waals surface area contributed by atoms with Crippen molar-refractivity contribution in [2.24, 2.45) is 0 Å². The van der Waals surface area contributed by atoms with Crippen LogP contribution in [-0.4, -0.2) is 56.9 Å². The lowest BCUT2D eigenvalue weighted by Gasteiger charge is -2.34. The van der Waals surface area contributed by atoms with E-state index < -0.39 is 10.0 Å². The third kappa shape index (κ3) is 7.44. The second-order valence-electron chi connectivity index (χ2n) is 10.4. The average molecular weight is 585 g/mol. The highest BCUT2D eigenvalue weighted by Crippen LogP contribution is 2.30. The summed E-state index contributed by atoms with van der Waals surface area (Å²) in [5.74, 6) is 1.10. The number of thiophene rings is 1. The Balaban J connectivity index is 1.59. The molecule has 0 unspecified atom stereocenters. The van der Waals surface area contributed by atoms with Crippen molar-refractivity contribution in [3.8, 4) is 11.5 Å². The molecule has 0 N–H and O–H groups in total. The summed E-state index contributed by atoms with van der Waals surface area (Å²) in [5.41, 5.74) is 2.00. The molecule has 216 valence electrons. The highest BCUT2D eigenvalue weighted by atomic mass is 32.2. The van der Waals surface area contributed by atoms with Crippen LogP contribution in [0.2, 0.25) is 0 Å². The summed E-state index contributed by atoms with van der Waals surface area (Å²) in [6, 6.07) is 16.6. The predicted molar refractivity (Wildman–Crippen MR) is 160 cm³/mol. The minimum absolute atomic E-state index is 0.169. The SMILES string of the molecule is COc1ccc(CCN(Cc2ccc(C)s2)C(=O)CN(C2CCCCC2)S(=O)(=O)c2ccc(C)cc2)cc1OC. The van der Waals surface area contributed by atoms with Gasteiger partial charge in [-0.25, -0.2) is 8.42 Å². The van der Waals surface area contributed by atoms with E-state index in [1.54, 1.807) is 42.6 Å². The van der Waals surface area contributed by atoms with Crippen LogP contribution in [0.4, 0.5) is 0 Å². The Bertz CT molecular complexity index is 1380. The normalized spacial score (nSPS) is 14.3. The lowest BCUT2D eigenvalue weighted by Crippen LogP contribution is -2.48. The second kappa shape index (κ2) is 13.7. The first-order chi connectivity index (χ1) is 19.2. The molecule has 0 atom stereocenters. The number of rotatable bonds is 12. The third-order valence-corrected chi connectivity index (χ3v) is 10.4. The van der Waals surface area contributed by atoms with Crippen LogP contribution < -0.4 is 9.47 Å². The van der Waals surface area contributed by atoms with Crippen molar-refractivity contribution in [1.82, 2.24) is 9.21 Å². The number of carbonyl (C=O) groups is 1. The summed E-state index contributed by atoms with van der Waals surface area (Å²) in [5, 5.41) is 0. The summed E-state index contributed by atoms with van der Waals surface area (Å²) in [6.45, 7) is 4.70. The Labute approximate surface area is 242 Å². The summed E-state index contributed by atoms with van der Waals surface area (Å²) >= 11 is 1.65. The van der Waals surface area contributed by atoms with Gasteiger partial charge in [0.15, 0.2) is 11.5 Å². The smallest absolute Gasteiger partial charge is 0.243 e. The van der Waals surface area contributed by atoms with Gasteiger partial charge in [-0.05, 0) is 75.1 Å². The van der Waals surface area contributed by atoms with Crippen molar-refractivity contribution in [3.05, 3.63) is 75.5 Å². The van der Waals surface area contributed by atoms with Crippen molar-refractivity contribution < 1.29 is 22.7 Å². The molecule has 7 nitrogen and oxygen atoms in total. The van der Waals surface area contributed by atoms with Crippen molar-refractivity contribution >= 4 is 27.3 Å². The van der Waals surface area contributed by atoms with Crippen molar-refractivity contribution in [3.63, 3.8) is 0 Å². The topological polar surface area (TPSA) is 76.2 Å².